The molecule has 0 bridgehead atoms. The lowest BCUT2D eigenvalue weighted by atomic mass is 10.0. The summed E-state index contributed by atoms with van der Waals surface area (Å²) in [5.41, 5.74) is 0.779. The molecule has 4 rings (SSSR count). The van der Waals surface area contributed by atoms with E-state index in [1.807, 2.05) is 48.0 Å². The minimum atomic E-state index is -0.679. The van der Waals surface area contributed by atoms with Crippen LogP contribution in [-0.2, 0) is 11.3 Å². The highest BCUT2D eigenvalue weighted by Gasteiger charge is 2.18. The van der Waals surface area contributed by atoms with Crippen molar-refractivity contribution < 1.29 is 13.9 Å². The van der Waals surface area contributed by atoms with Gasteiger partial charge in [0.05, 0.1) is 11.7 Å². The van der Waals surface area contributed by atoms with E-state index in [4.69, 9.17) is 9.15 Å². The second-order valence-corrected chi connectivity index (χ2v) is 7.21. The van der Waals surface area contributed by atoms with Gasteiger partial charge in [0.1, 0.15) is 11.3 Å². The third-order valence-corrected chi connectivity index (χ3v) is 5.11. The van der Waals surface area contributed by atoms with Crippen molar-refractivity contribution in [2.45, 2.75) is 32.9 Å². The van der Waals surface area contributed by atoms with Crippen LogP contribution in [0.4, 0.5) is 0 Å². The molecule has 2 aromatic heterocycles. The molecule has 0 aliphatic heterocycles. The van der Waals surface area contributed by atoms with E-state index < -0.39 is 6.10 Å². The quantitative estimate of drug-likeness (QED) is 0.289. The summed E-state index contributed by atoms with van der Waals surface area (Å²) in [6, 6.07) is 11.0. The van der Waals surface area contributed by atoms with E-state index in [2.05, 4.69) is 10.3 Å². The maximum Gasteiger partial charge on any atom is 0.344 e. The number of aryl methyl sites for hydroxylation is 2. The summed E-state index contributed by atoms with van der Waals surface area (Å²) in [5, 5.41) is 5.10. The number of imidazole rings is 1. The first kappa shape index (κ1) is 19.7. The number of ether oxygens (including phenoxy) is 1. The number of amides is 1. The van der Waals surface area contributed by atoms with Crippen molar-refractivity contribution >= 4 is 27.6 Å². The van der Waals surface area contributed by atoms with Crippen LogP contribution in [0.2, 0.25) is 0 Å². The second-order valence-electron chi connectivity index (χ2n) is 7.21. The van der Waals surface area contributed by atoms with Crippen LogP contribution in [0.5, 0.6) is 5.75 Å². The van der Waals surface area contributed by atoms with Gasteiger partial charge in [0.25, 0.3) is 5.91 Å². The van der Waals surface area contributed by atoms with Crippen molar-refractivity contribution in [1.29, 1.82) is 0 Å². The van der Waals surface area contributed by atoms with Crippen LogP contribution in [0.3, 0.4) is 0 Å². The molecule has 4 aromatic rings. The summed E-state index contributed by atoms with van der Waals surface area (Å²) in [5.74, 6) is 0.321. The fraction of sp³-hybridized carbons (Fsp3) is 0.261. The van der Waals surface area contributed by atoms with Crippen LogP contribution >= 0.6 is 0 Å². The normalized spacial score (nSPS) is 12.2. The lowest BCUT2D eigenvalue weighted by molar-refractivity contribution is -0.127. The van der Waals surface area contributed by atoms with Crippen LogP contribution in [0.25, 0.3) is 21.7 Å². The summed E-state index contributed by atoms with van der Waals surface area (Å²) in [4.78, 5) is 28.7. The van der Waals surface area contributed by atoms with E-state index in [1.54, 1.807) is 25.5 Å². The molecule has 0 fully saturated rings. The highest BCUT2D eigenvalue weighted by Crippen LogP contribution is 2.31. The molecule has 7 nitrogen and oxygen atoms in total. The van der Waals surface area contributed by atoms with E-state index in [-0.39, 0.29) is 11.5 Å². The monoisotopic (exact) mass is 405 g/mol. The lowest BCUT2D eigenvalue weighted by Gasteiger charge is -2.17. The van der Waals surface area contributed by atoms with Gasteiger partial charge in [-0.25, -0.2) is 9.78 Å². The molecule has 7 heteroatoms. The number of carbonyl (C=O) groups excluding carboxylic acids is 1. The largest absolute Gasteiger partial charge is 0.480 e. The van der Waals surface area contributed by atoms with Crippen LogP contribution in [-0.4, -0.2) is 28.1 Å². The van der Waals surface area contributed by atoms with E-state index in [0.29, 0.717) is 28.8 Å². The molecule has 0 saturated heterocycles. The van der Waals surface area contributed by atoms with Crippen LogP contribution in [0.1, 0.15) is 18.9 Å². The third-order valence-electron chi connectivity index (χ3n) is 5.11. The average Bonchev–Trinajstić information content (AvgIpc) is 3.27. The molecule has 1 N–H and O–H groups in total. The van der Waals surface area contributed by atoms with Gasteiger partial charge in [-0.05, 0) is 43.9 Å². The number of benzene rings is 2. The number of hydrogen-bond acceptors (Lipinski definition) is 5. The Kier molecular flexibility index (Phi) is 5.52. The Labute approximate surface area is 173 Å². The van der Waals surface area contributed by atoms with Gasteiger partial charge in [-0.3, -0.25) is 4.79 Å². The standard InChI is InChI=1S/C23H23N3O4/c1-15-20(29-16(2)22(27)25-10-5-12-26-13-11-24-14-26)9-8-18-17-6-3-4-7-19(17)23(28)30-21(15)18/h3-4,6-9,11,13-14,16H,5,10,12H2,1-2H3,(H,25,27)/t16-/m0/s1. The van der Waals surface area contributed by atoms with Gasteiger partial charge in [-0.2, -0.15) is 0 Å². The van der Waals surface area contributed by atoms with Gasteiger partial charge in [-0.1, -0.05) is 18.2 Å². The minimum absolute atomic E-state index is 0.194. The SMILES string of the molecule is Cc1c(O[C@@H](C)C(=O)NCCCn2ccnc2)ccc2c1oc(=O)c1ccccc12. The van der Waals surface area contributed by atoms with E-state index in [0.717, 1.165) is 23.7 Å². The Balaban J connectivity index is 1.46. The minimum Gasteiger partial charge on any atom is -0.480 e. The molecule has 1 atom stereocenters. The van der Waals surface area contributed by atoms with Crippen molar-refractivity contribution in [3.63, 3.8) is 0 Å². The highest BCUT2D eigenvalue weighted by molar-refractivity contribution is 6.05. The molecule has 0 saturated carbocycles. The Hall–Kier alpha value is -3.61. The van der Waals surface area contributed by atoms with Gasteiger partial charge >= 0.3 is 5.63 Å². The molecule has 0 aliphatic carbocycles. The number of nitrogens with one attached hydrogen (secondary N) is 1. The van der Waals surface area contributed by atoms with Crippen molar-refractivity contribution in [3.8, 4) is 5.75 Å². The van der Waals surface area contributed by atoms with E-state index >= 15 is 0 Å². The van der Waals surface area contributed by atoms with Crippen molar-refractivity contribution in [3.05, 3.63) is 71.1 Å². The molecule has 0 radical (unpaired) electrons. The number of hydrogen-bond donors (Lipinski definition) is 1. The lowest BCUT2D eigenvalue weighted by Crippen LogP contribution is -2.37. The molecular formula is C23H23N3O4. The summed E-state index contributed by atoms with van der Waals surface area (Å²) in [7, 11) is 0. The Morgan fingerprint density at radius 1 is 1.20 bits per heavy atom. The first-order valence-electron chi connectivity index (χ1n) is 9.90. The zero-order valence-electron chi connectivity index (χ0n) is 16.9. The zero-order valence-corrected chi connectivity index (χ0v) is 16.9. The number of nitrogens with zero attached hydrogens (tertiary/aromatic N) is 2. The smallest absolute Gasteiger partial charge is 0.344 e. The van der Waals surface area contributed by atoms with Gasteiger partial charge in [0, 0.05) is 36.4 Å². The first-order chi connectivity index (χ1) is 14.5. The predicted molar refractivity (Wildman–Crippen MR) is 115 cm³/mol. The number of rotatable bonds is 7. The molecule has 0 unspecified atom stereocenters. The summed E-state index contributed by atoms with van der Waals surface area (Å²) in [6.45, 7) is 4.85. The molecule has 154 valence electrons. The highest BCUT2D eigenvalue weighted by atomic mass is 16.5. The molecule has 2 heterocycles. The van der Waals surface area contributed by atoms with Crippen molar-refractivity contribution in [2.75, 3.05) is 6.54 Å². The fourth-order valence-corrected chi connectivity index (χ4v) is 3.47. The molecule has 30 heavy (non-hydrogen) atoms. The Morgan fingerprint density at radius 2 is 2.00 bits per heavy atom. The number of aromatic nitrogens is 2. The molecule has 0 aliphatic rings. The topological polar surface area (TPSA) is 86.4 Å². The number of carbonyl (C=O) groups is 1. The fourth-order valence-electron chi connectivity index (χ4n) is 3.47. The summed E-state index contributed by atoms with van der Waals surface area (Å²) in [6.07, 6.45) is 5.48. The maximum atomic E-state index is 12.4. The summed E-state index contributed by atoms with van der Waals surface area (Å²) < 4.78 is 13.4. The van der Waals surface area contributed by atoms with Crippen LogP contribution < -0.4 is 15.7 Å². The predicted octanol–water partition coefficient (Wildman–Crippen LogP) is 3.42. The molecular weight excluding hydrogens is 382 g/mol. The van der Waals surface area contributed by atoms with Crippen molar-refractivity contribution in [1.82, 2.24) is 14.9 Å². The first-order valence-corrected chi connectivity index (χ1v) is 9.90. The van der Waals surface area contributed by atoms with Crippen LogP contribution in [0.15, 0.2) is 64.3 Å². The van der Waals surface area contributed by atoms with Gasteiger partial charge in [0.2, 0.25) is 0 Å². The average molecular weight is 405 g/mol. The van der Waals surface area contributed by atoms with Crippen molar-refractivity contribution in [2.24, 2.45) is 0 Å². The Morgan fingerprint density at radius 3 is 2.77 bits per heavy atom. The maximum absolute atomic E-state index is 12.4. The van der Waals surface area contributed by atoms with Gasteiger partial charge < -0.3 is 19.0 Å². The molecule has 0 spiro atoms. The molecule has 1 amide bonds. The van der Waals surface area contributed by atoms with Gasteiger partial charge in [0.15, 0.2) is 6.10 Å². The number of fused-ring (bicyclic) bond motifs is 3. The second kappa shape index (κ2) is 8.41. The van der Waals surface area contributed by atoms with E-state index in [1.165, 1.54) is 0 Å². The molecule has 2 aromatic carbocycles. The van der Waals surface area contributed by atoms with E-state index in [9.17, 15) is 9.59 Å². The van der Waals surface area contributed by atoms with Crippen LogP contribution in [0, 0.1) is 6.92 Å². The third kappa shape index (κ3) is 3.91. The summed E-state index contributed by atoms with van der Waals surface area (Å²) >= 11 is 0. The zero-order chi connectivity index (χ0) is 21.1. The Bertz CT molecular complexity index is 1240. The van der Waals surface area contributed by atoms with Gasteiger partial charge in [-0.15, -0.1) is 0 Å².